The minimum absolute atomic E-state index is 0.0429. The molecule has 0 atom stereocenters. The number of nitrogens with one attached hydrogen (secondary N) is 1. The minimum Gasteiger partial charge on any atom is -0.381 e. The molecule has 2 rings (SSSR count). The standard InChI is InChI=1S/C12H16N4O/c1-9-7-10(8-13)15-11(14-9)16-12(2)3-5-17-6-4-12/h7H,3-6H2,1-2H3,(H,14,15,16). The quantitative estimate of drug-likeness (QED) is 0.839. The van der Waals surface area contributed by atoms with Gasteiger partial charge in [-0.15, -0.1) is 0 Å². The molecule has 2 heterocycles. The van der Waals surface area contributed by atoms with E-state index in [9.17, 15) is 0 Å². The number of hydrogen-bond donors (Lipinski definition) is 1. The van der Waals surface area contributed by atoms with Gasteiger partial charge < -0.3 is 10.1 Å². The van der Waals surface area contributed by atoms with Gasteiger partial charge in [0.1, 0.15) is 11.8 Å². The lowest BCUT2D eigenvalue weighted by Gasteiger charge is -2.34. The highest BCUT2D eigenvalue weighted by atomic mass is 16.5. The smallest absolute Gasteiger partial charge is 0.224 e. The monoisotopic (exact) mass is 232 g/mol. The molecule has 0 bridgehead atoms. The van der Waals surface area contributed by atoms with Crippen LogP contribution in [0.4, 0.5) is 5.95 Å². The zero-order chi connectivity index (χ0) is 12.3. The van der Waals surface area contributed by atoms with Gasteiger partial charge in [0.2, 0.25) is 5.95 Å². The molecule has 0 unspecified atom stereocenters. The Morgan fingerprint density at radius 2 is 2.12 bits per heavy atom. The van der Waals surface area contributed by atoms with E-state index >= 15 is 0 Å². The van der Waals surface area contributed by atoms with E-state index in [4.69, 9.17) is 10.00 Å². The van der Waals surface area contributed by atoms with Crippen LogP contribution < -0.4 is 5.32 Å². The molecule has 0 saturated carbocycles. The maximum atomic E-state index is 8.87. The molecular weight excluding hydrogens is 216 g/mol. The molecule has 17 heavy (non-hydrogen) atoms. The van der Waals surface area contributed by atoms with Gasteiger partial charge in [0, 0.05) is 24.4 Å². The van der Waals surface area contributed by atoms with Crippen LogP contribution in [-0.2, 0) is 4.74 Å². The molecule has 1 aliphatic heterocycles. The lowest BCUT2D eigenvalue weighted by atomic mass is 9.93. The zero-order valence-corrected chi connectivity index (χ0v) is 10.2. The summed E-state index contributed by atoms with van der Waals surface area (Å²) in [5, 5.41) is 12.2. The van der Waals surface area contributed by atoms with Gasteiger partial charge in [0.05, 0.1) is 0 Å². The molecule has 5 heteroatoms. The van der Waals surface area contributed by atoms with Crippen LogP contribution in [-0.4, -0.2) is 28.7 Å². The average Bonchev–Trinajstić information content (AvgIpc) is 2.28. The van der Waals surface area contributed by atoms with Crippen molar-refractivity contribution in [3.63, 3.8) is 0 Å². The Bertz CT molecular complexity index is 446. The number of nitriles is 1. The van der Waals surface area contributed by atoms with Crippen molar-refractivity contribution in [1.29, 1.82) is 5.26 Å². The molecule has 1 aliphatic rings. The van der Waals surface area contributed by atoms with Gasteiger partial charge in [-0.2, -0.15) is 5.26 Å². The molecule has 1 fully saturated rings. The summed E-state index contributed by atoms with van der Waals surface area (Å²) in [6.07, 6.45) is 1.85. The van der Waals surface area contributed by atoms with Crippen molar-refractivity contribution in [2.24, 2.45) is 0 Å². The van der Waals surface area contributed by atoms with E-state index in [2.05, 4.69) is 22.2 Å². The molecule has 1 N–H and O–H groups in total. The summed E-state index contributed by atoms with van der Waals surface area (Å²) < 4.78 is 5.34. The summed E-state index contributed by atoms with van der Waals surface area (Å²) in [6.45, 7) is 5.49. The number of aromatic nitrogens is 2. The first kappa shape index (κ1) is 11.8. The van der Waals surface area contributed by atoms with Crippen LogP contribution in [0.1, 0.15) is 31.2 Å². The van der Waals surface area contributed by atoms with E-state index < -0.39 is 0 Å². The van der Waals surface area contributed by atoms with Gasteiger partial charge in [-0.05, 0) is 32.8 Å². The Hall–Kier alpha value is -1.67. The molecule has 1 aromatic rings. The van der Waals surface area contributed by atoms with Crippen LogP contribution in [0.15, 0.2) is 6.07 Å². The van der Waals surface area contributed by atoms with Crippen LogP contribution in [0.25, 0.3) is 0 Å². The summed E-state index contributed by atoms with van der Waals surface area (Å²) in [4.78, 5) is 8.47. The van der Waals surface area contributed by atoms with E-state index in [0.29, 0.717) is 11.6 Å². The fourth-order valence-electron chi connectivity index (χ4n) is 1.90. The Morgan fingerprint density at radius 3 is 2.76 bits per heavy atom. The molecule has 1 aromatic heterocycles. The maximum absolute atomic E-state index is 8.87. The Kier molecular flexibility index (Phi) is 3.25. The molecule has 1 saturated heterocycles. The van der Waals surface area contributed by atoms with E-state index in [0.717, 1.165) is 31.7 Å². The van der Waals surface area contributed by atoms with Crippen molar-refractivity contribution in [3.8, 4) is 6.07 Å². The fraction of sp³-hybridized carbons (Fsp3) is 0.583. The number of aryl methyl sites for hydroxylation is 1. The summed E-state index contributed by atoms with van der Waals surface area (Å²) in [5.41, 5.74) is 1.16. The van der Waals surface area contributed by atoms with Crippen molar-refractivity contribution in [3.05, 3.63) is 17.5 Å². The number of rotatable bonds is 2. The molecule has 5 nitrogen and oxygen atoms in total. The number of nitrogens with zero attached hydrogens (tertiary/aromatic N) is 3. The second-order valence-electron chi connectivity index (χ2n) is 4.63. The third-order valence-electron chi connectivity index (χ3n) is 2.98. The first-order valence-electron chi connectivity index (χ1n) is 5.73. The zero-order valence-electron chi connectivity index (χ0n) is 10.2. The van der Waals surface area contributed by atoms with Crippen molar-refractivity contribution in [2.45, 2.75) is 32.2 Å². The summed E-state index contributed by atoms with van der Waals surface area (Å²) in [7, 11) is 0. The molecule has 90 valence electrons. The van der Waals surface area contributed by atoms with Gasteiger partial charge in [0.25, 0.3) is 0 Å². The van der Waals surface area contributed by atoms with Crippen LogP contribution in [0, 0.1) is 18.3 Å². The minimum atomic E-state index is -0.0429. The Balaban J connectivity index is 2.17. The van der Waals surface area contributed by atoms with Crippen LogP contribution >= 0.6 is 0 Å². The van der Waals surface area contributed by atoms with Gasteiger partial charge in [-0.3, -0.25) is 0 Å². The highest BCUT2D eigenvalue weighted by Crippen LogP contribution is 2.23. The number of anilines is 1. The largest absolute Gasteiger partial charge is 0.381 e. The first-order valence-corrected chi connectivity index (χ1v) is 5.73. The van der Waals surface area contributed by atoms with E-state index in [1.165, 1.54) is 0 Å². The highest BCUT2D eigenvalue weighted by molar-refractivity contribution is 5.35. The Morgan fingerprint density at radius 1 is 1.41 bits per heavy atom. The highest BCUT2D eigenvalue weighted by Gasteiger charge is 2.28. The number of hydrogen-bond acceptors (Lipinski definition) is 5. The molecule has 0 aromatic carbocycles. The van der Waals surface area contributed by atoms with Crippen molar-refractivity contribution >= 4 is 5.95 Å². The molecular formula is C12H16N4O. The average molecular weight is 232 g/mol. The molecule has 0 radical (unpaired) electrons. The lowest BCUT2D eigenvalue weighted by Crippen LogP contribution is -2.41. The van der Waals surface area contributed by atoms with Crippen molar-refractivity contribution in [2.75, 3.05) is 18.5 Å². The van der Waals surface area contributed by atoms with Crippen molar-refractivity contribution < 1.29 is 4.74 Å². The predicted octanol–water partition coefficient (Wildman–Crippen LogP) is 1.64. The van der Waals surface area contributed by atoms with Gasteiger partial charge in [-0.1, -0.05) is 0 Å². The third-order valence-corrected chi connectivity index (χ3v) is 2.98. The van der Waals surface area contributed by atoms with E-state index in [1.807, 2.05) is 13.0 Å². The van der Waals surface area contributed by atoms with E-state index in [1.54, 1.807) is 6.07 Å². The van der Waals surface area contributed by atoms with Crippen LogP contribution in [0.2, 0.25) is 0 Å². The van der Waals surface area contributed by atoms with Crippen molar-refractivity contribution in [1.82, 2.24) is 9.97 Å². The number of ether oxygens (including phenoxy) is 1. The second-order valence-corrected chi connectivity index (χ2v) is 4.63. The van der Waals surface area contributed by atoms with Crippen LogP contribution in [0.3, 0.4) is 0 Å². The van der Waals surface area contributed by atoms with Gasteiger partial charge in [-0.25, -0.2) is 9.97 Å². The second kappa shape index (κ2) is 4.68. The normalized spacial score (nSPS) is 18.4. The Labute approximate surface area is 101 Å². The first-order chi connectivity index (χ1) is 8.11. The third kappa shape index (κ3) is 2.92. The van der Waals surface area contributed by atoms with E-state index in [-0.39, 0.29) is 5.54 Å². The SMILES string of the molecule is Cc1cc(C#N)nc(NC2(C)CCOCC2)n1. The lowest BCUT2D eigenvalue weighted by molar-refractivity contribution is 0.0656. The maximum Gasteiger partial charge on any atom is 0.224 e. The molecule has 0 amide bonds. The predicted molar refractivity (Wildman–Crippen MR) is 63.6 cm³/mol. The summed E-state index contributed by atoms with van der Waals surface area (Å²) in [6, 6.07) is 3.72. The molecule has 0 aliphatic carbocycles. The molecule has 0 spiro atoms. The van der Waals surface area contributed by atoms with Gasteiger partial charge >= 0.3 is 0 Å². The fourth-order valence-corrected chi connectivity index (χ4v) is 1.90. The van der Waals surface area contributed by atoms with Crippen LogP contribution in [0.5, 0.6) is 0 Å². The summed E-state index contributed by atoms with van der Waals surface area (Å²) >= 11 is 0. The summed E-state index contributed by atoms with van der Waals surface area (Å²) in [5.74, 6) is 0.533. The topological polar surface area (TPSA) is 70.8 Å². The van der Waals surface area contributed by atoms with Gasteiger partial charge in [0.15, 0.2) is 0 Å².